The van der Waals surface area contributed by atoms with E-state index in [1.807, 2.05) is 13.8 Å². The third-order valence-corrected chi connectivity index (χ3v) is 3.07. The highest BCUT2D eigenvalue weighted by Gasteiger charge is 2.22. The van der Waals surface area contributed by atoms with E-state index in [0.717, 1.165) is 19.5 Å². The van der Waals surface area contributed by atoms with E-state index in [0.29, 0.717) is 38.0 Å². The molecule has 1 fully saturated rings. The molecule has 1 amide bonds. The molecule has 7 nitrogen and oxygen atoms in total. The fourth-order valence-corrected chi connectivity index (χ4v) is 1.99. The van der Waals surface area contributed by atoms with Gasteiger partial charge in [0.05, 0.1) is 13.2 Å². The summed E-state index contributed by atoms with van der Waals surface area (Å²) < 4.78 is 10.5. The van der Waals surface area contributed by atoms with Crippen LogP contribution in [-0.4, -0.2) is 58.9 Å². The summed E-state index contributed by atoms with van der Waals surface area (Å²) in [5.74, 6) is 1.31. The standard InChI is InChI=1S/C12H20N4O3/c1-3-10-13-14-11(19-10)9-15-5-7-16(8-6-15)12(17)18-4-2/h3-9H2,1-2H3. The number of rotatable bonds is 4. The van der Waals surface area contributed by atoms with E-state index in [-0.39, 0.29) is 6.09 Å². The minimum absolute atomic E-state index is 0.229. The van der Waals surface area contributed by atoms with Gasteiger partial charge in [0.15, 0.2) is 0 Å². The Labute approximate surface area is 112 Å². The van der Waals surface area contributed by atoms with Crippen LogP contribution in [0.2, 0.25) is 0 Å². The summed E-state index contributed by atoms with van der Waals surface area (Å²) in [5, 5.41) is 7.94. The van der Waals surface area contributed by atoms with E-state index < -0.39 is 0 Å². The molecule has 106 valence electrons. The lowest BCUT2D eigenvalue weighted by atomic mass is 10.3. The van der Waals surface area contributed by atoms with E-state index in [9.17, 15) is 4.79 Å². The Morgan fingerprint density at radius 3 is 2.47 bits per heavy atom. The van der Waals surface area contributed by atoms with Gasteiger partial charge in [-0.1, -0.05) is 6.92 Å². The average Bonchev–Trinajstić information content (AvgIpc) is 2.87. The van der Waals surface area contributed by atoms with Gasteiger partial charge in [0.1, 0.15) is 0 Å². The summed E-state index contributed by atoms with van der Waals surface area (Å²) in [4.78, 5) is 15.5. The molecule has 0 unspecified atom stereocenters. The van der Waals surface area contributed by atoms with Crippen molar-refractivity contribution in [1.82, 2.24) is 20.0 Å². The number of aromatic nitrogens is 2. The number of ether oxygens (including phenoxy) is 1. The molecule has 7 heteroatoms. The Balaban J connectivity index is 1.78. The van der Waals surface area contributed by atoms with Gasteiger partial charge < -0.3 is 14.1 Å². The first-order valence-electron chi connectivity index (χ1n) is 6.68. The largest absolute Gasteiger partial charge is 0.450 e. The first kappa shape index (κ1) is 13.8. The number of nitrogens with zero attached hydrogens (tertiary/aromatic N) is 4. The minimum Gasteiger partial charge on any atom is -0.450 e. The quantitative estimate of drug-likeness (QED) is 0.808. The Hall–Kier alpha value is -1.63. The summed E-state index contributed by atoms with van der Waals surface area (Å²) in [5.41, 5.74) is 0. The van der Waals surface area contributed by atoms with Crippen LogP contribution < -0.4 is 0 Å². The van der Waals surface area contributed by atoms with Crippen LogP contribution in [0.25, 0.3) is 0 Å². The van der Waals surface area contributed by atoms with Gasteiger partial charge >= 0.3 is 6.09 Å². The first-order valence-corrected chi connectivity index (χ1v) is 6.68. The molecule has 19 heavy (non-hydrogen) atoms. The predicted molar refractivity (Wildman–Crippen MR) is 67.5 cm³/mol. The number of hydrogen-bond acceptors (Lipinski definition) is 6. The molecule has 0 radical (unpaired) electrons. The van der Waals surface area contributed by atoms with Crippen LogP contribution in [0.4, 0.5) is 4.79 Å². The highest BCUT2D eigenvalue weighted by atomic mass is 16.6. The Morgan fingerprint density at radius 1 is 1.21 bits per heavy atom. The molecule has 1 saturated heterocycles. The Morgan fingerprint density at radius 2 is 1.89 bits per heavy atom. The van der Waals surface area contributed by atoms with Crippen LogP contribution in [0.3, 0.4) is 0 Å². The molecular weight excluding hydrogens is 248 g/mol. The number of amides is 1. The van der Waals surface area contributed by atoms with Gasteiger partial charge in [0, 0.05) is 32.6 Å². The van der Waals surface area contributed by atoms with E-state index in [1.54, 1.807) is 4.90 Å². The maximum atomic E-state index is 11.5. The lowest BCUT2D eigenvalue weighted by Crippen LogP contribution is -2.48. The van der Waals surface area contributed by atoms with Crippen molar-refractivity contribution in [3.8, 4) is 0 Å². The van der Waals surface area contributed by atoms with Crippen LogP contribution in [0, 0.1) is 0 Å². The molecule has 1 aromatic rings. The van der Waals surface area contributed by atoms with Crippen molar-refractivity contribution in [3.63, 3.8) is 0 Å². The topological polar surface area (TPSA) is 71.7 Å². The highest BCUT2D eigenvalue weighted by Crippen LogP contribution is 2.09. The molecule has 0 saturated carbocycles. The Bertz CT molecular complexity index is 413. The SMILES string of the molecule is CCOC(=O)N1CCN(Cc2nnc(CC)o2)CC1. The third kappa shape index (κ3) is 3.66. The normalized spacial score (nSPS) is 16.6. The van der Waals surface area contributed by atoms with Crippen LogP contribution in [0.5, 0.6) is 0 Å². The third-order valence-electron chi connectivity index (χ3n) is 3.07. The number of hydrogen-bond donors (Lipinski definition) is 0. The number of carbonyl (C=O) groups is 1. The molecule has 0 N–H and O–H groups in total. The van der Waals surface area contributed by atoms with Gasteiger partial charge in [-0.3, -0.25) is 4.90 Å². The molecule has 0 spiro atoms. The Kier molecular flexibility index (Phi) is 4.73. The number of aryl methyl sites for hydroxylation is 1. The molecule has 0 atom stereocenters. The molecule has 0 aromatic carbocycles. The summed E-state index contributed by atoms with van der Waals surface area (Å²) in [6.45, 7) is 7.79. The average molecular weight is 268 g/mol. The van der Waals surface area contributed by atoms with Crippen molar-refractivity contribution in [1.29, 1.82) is 0 Å². The van der Waals surface area contributed by atoms with Crippen molar-refractivity contribution < 1.29 is 13.9 Å². The second kappa shape index (κ2) is 6.51. The summed E-state index contributed by atoms with van der Waals surface area (Å²) >= 11 is 0. The molecule has 2 rings (SSSR count). The van der Waals surface area contributed by atoms with Gasteiger partial charge in [-0.15, -0.1) is 10.2 Å². The molecule has 0 bridgehead atoms. The lowest BCUT2D eigenvalue weighted by Gasteiger charge is -2.33. The summed E-state index contributed by atoms with van der Waals surface area (Å²) in [7, 11) is 0. The van der Waals surface area contributed by atoms with Crippen LogP contribution >= 0.6 is 0 Å². The zero-order chi connectivity index (χ0) is 13.7. The smallest absolute Gasteiger partial charge is 0.409 e. The van der Waals surface area contributed by atoms with Gasteiger partial charge in [0.25, 0.3) is 0 Å². The first-order chi connectivity index (χ1) is 9.22. The zero-order valence-corrected chi connectivity index (χ0v) is 11.5. The van der Waals surface area contributed by atoms with Gasteiger partial charge in [-0.25, -0.2) is 4.79 Å². The fourth-order valence-electron chi connectivity index (χ4n) is 1.99. The maximum Gasteiger partial charge on any atom is 0.409 e. The zero-order valence-electron chi connectivity index (χ0n) is 11.5. The van der Waals surface area contributed by atoms with E-state index in [2.05, 4.69) is 15.1 Å². The van der Waals surface area contributed by atoms with Crippen molar-refractivity contribution in [2.24, 2.45) is 0 Å². The molecule has 1 aliphatic heterocycles. The van der Waals surface area contributed by atoms with Gasteiger partial charge in [-0.2, -0.15) is 0 Å². The monoisotopic (exact) mass is 268 g/mol. The lowest BCUT2D eigenvalue weighted by molar-refractivity contribution is 0.0754. The van der Waals surface area contributed by atoms with Crippen LogP contribution in [0.15, 0.2) is 4.42 Å². The fraction of sp³-hybridized carbons (Fsp3) is 0.750. The highest BCUT2D eigenvalue weighted by molar-refractivity contribution is 5.67. The molecule has 2 heterocycles. The summed E-state index contributed by atoms with van der Waals surface area (Å²) in [6, 6.07) is 0. The molecular formula is C12H20N4O3. The summed E-state index contributed by atoms with van der Waals surface area (Å²) in [6.07, 6.45) is 0.525. The van der Waals surface area contributed by atoms with E-state index >= 15 is 0 Å². The molecule has 1 aliphatic rings. The van der Waals surface area contributed by atoms with Crippen LogP contribution in [0.1, 0.15) is 25.6 Å². The van der Waals surface area contributed by atoms with Crippen molar-refractivity contribution in [3.05, 3.63) is 11.8 Å². The van der Waals surface area contributed by atoms with Crippen LogP contribution in [-0.2, 0) is 17.7 Å². The van der Waals surface area contributed by atoms with E-state index in [4.69, 9.17) is 9.15 Å². The van der Waals surface area contributed by atoms with Crippen molar-refractivity contribution in [2.75, 3.05) is 32.8 Å². The number of piperazine rings is 1. The molecule has 1 aromatic heterocycles. The van der Waals surface area contributed by atoms with Gasteiger partial charge in [-0.05, 0) is 6.92 Å². The molecule has 0 aliphatic carbocycles. The minimum atomic E-state index is -0.229. The van der Waals surface area contributed by atoms with Crippen molar-refractivity contribution >= 4 is 6.09 Å². The maximum absolute atomic E-state index is 11.5. The number of carbonyl (C=O) groups excluding carboxylic acids is 1. The second-order valence-corrected chi connectivity index (χ2v) is 4.41. The predicted octanol–water partition coefficient (Wildman–Crippen LogP) is 0.906. The van der Waals surface area contributed by atoms with E-state index in [1.165, 1.54) is 0 Å². The van der Waals surface area contributed by atoms with Gasteiger partial charge in [0.2, 0.25) is 11.8 Å². The van der Waals surface area contributed by atoms with Crippen molar-refractivity contribution in [2.45, 2.75) is 26.8 Å². The second-order valence-electron chi connectivity index (χ2n) is 4.41.